The topological polar surface area (TPSA) is 66.5 Å². The van der Waals surface area contributed by atoms with Crippen molar-refractivity contribution in [2.45, 2.75) is 52.4 Å². The first-order chi connectivity index (χ1) is 12.0. The second-order valence-corrected chi connectivity index (χ2v) is 7.09. The molecule has 1 saturated heterocycles. The van der Waals surface area contributed by atoms with Crippen LogP contribution in [0, 0.1) is 18.8 Å². The zero-order valence-electron chi connectivity index (χ0n) is 15.0. The van der Waals surface area contributed by atoms with Gasteiger partial charge in [0.05, 0.1) is 11.8 Å². The normalized spacial score (nSPS) is 22.9. The van der Waals surface area contributed by atoms with Gasteiger partial charge >= 0.3 is 0 Å². The van der Waals surface area contributed by atoms with Crippen molar-refractivity contribution in [1.29, 1.82) is 0 Å². The fourth-order valence-electron chi connectivity index (χ4n) is 4.07. The first-order valence-electron chi connectivity index (χ1n) is 9.26. The van der Waals surface area contributed by atoms with Crippen LogP contribution in [0.4, 0.5) is 5.69 Å². The molecule has 0 aromatic heterocycles. The molecule has 0 bridgehead atoms. The van der Waals surface area contributed by atoms with E-state index < -0.39 is 0 Å². The summed E-state index contributed by atoms with van der Waals surface area (Å²) in [5.41, 5.74) is 2.96. The molecular weight excluding hydrogens is 316 g/mol. The summed E-state index contributed by atoms with van der Waals surface area (Å²) in [6.07, 6.45) is 4.63. The van der Waals surface area contributed by atoms with Gasteiger partial charge in [0.2, 0.25) is 17.7 Å². The fourth-order valence-corrected chi connectivity index (χ4v) is 4.07. The largest absolute Gasteiger partial charge is 0.326 e. The minimum Gasteiger partial charge on any atom is -0.326 e. The number of hydrogen-bond acceptors (Lipinski definition) is 3. The van der Waals surface area contributed by atoms with E-state index in [4.69, 9.17) is 0 Å². The molecule has 1 heterocycles. The molecule has 1 aliphatic carbocycles. The number of imide groups is 1. The van der Waals surface area contributed by atoms with E-state index in [2.05, 4.69) is 5.32 Å². The maximum absolute atomic E-state index is 12.4. The van der Waals surface area contributed by atoms with Gasteiger partial charge in [-0.3, -0.25) is 19.3 Å². The summed E-state index contributed by atoms with van der Waals surface area (Å²) in [5, 5.41) is 2.96. The number of hydrogen-bond donors (Lipinski definition) is 1. The predicted octanol–water partition coefficient (Wildman–Crippen LogP) is 3.06. The van der Waals surface area contributed by atoms with E-state index in [0.29, 0.717) is 0 Å². The summed E-state index contributed by atoms with van der Waals surface area (Å²) in [7, 11) is 0. The Balaban J connectivity index is 1.61. The Kier molecular flexibility index (Phi) is 5.21. The Morgan fingerprint density at radius 1 is 1.16 bits per heavy atom. The second-order valence-electron chi connectivity index (χ2n) is 7.09. The van der Waals surface area contributed by atoms with Crippen LogP contribution < -0.4 is 5.32 Å². The lowest BCUT2D eigenvalue weighted by molar-refractivity contribution is -0.140. The minimum absolute atomic E-state index is 0.0763. The quantitative estimate of drug-likeness (QED) is 0.836. The fraction of sp³-hybridized carbons (Fsp3) is 0.550. The lowest BCUT2D eigenvalue weighted by atomic mass is 9.81. The van der Waals surface area contributed by atoms with Crippen molar-refractivity contribution in [2.24, 2.45) is 11.8 Å². The number of fused-ring (bicyclic) bond motifs is 1. The molecule has 1 aromatic carbocycles. The Bertz CT molecular complexity index is 674. The number of nitrogens with zero attached hydrogens (tertiary/aromatic N) is 1. The third-order valence-electron chi connectivity index (χ3n) is 5.50. The highest BCUT2D eigenvalue weighted by Gasteiger charge is 2.47. The van der Waals surface area contributed by atoms with E-state index in [0.717, 1.165) is 48.9 Å². The number of carbonyl (C=O) groups is 3. The van der Waals surface area contributed by atoms with Gasteiger partial charge in [-0.25, -0.2) is 0 Å². The number of anilines is 1. The van der Waals surface area contributed by atoms with Crippen molar-refractivity contribution >= 4 is 23.4 Å². The molecule has 2 fully saturated rings. The minimum atomic E-state index is -0.153. The number of benzene rings is 1. The molecule has 134 valence electrons. The lowest BCUT2D eigenvalue weighted by Crippen LogP contribution is -2.34. The average Bonchev–Trinajstić information content (AvgIpc) is 2.86. The van der Waals surface area contributed by atoms with Crippen LogP contribution >= 0.6 is 0 Å². The number of rotatable bonds is 5. The summed E-state index contributed by atoms with van der Waals surface area (Å²) >= 11 is 0. The highest BCUT2D eigenvalue weighted by molar-refractivity contribution is 6.05. The van der Waals surface area contributed by atoms with Crippen molar-refractivity contribution in [2.75, 3.05) is 11.9 Å². The zero-order chi connectivity index (χ0) is 18.0. The summed E-state index contributed by atoms with van der Waals surface area (Å²) in [4.78, 5) is 38.6. The number of aryl methyl sites for hydroxylation is 2. The van der Waals surface area contributed by atoms with Gasteiger partial charge in [-0.1, -0.05) is 38.0 Å². The molecule has 0 unspecified atom stereocenters. The average molecular weight is 342 g/mol. The van der Waals surface area contributed by atoms with Gasteiger partial charge in [0.25, 0.3) is 0 Å². The van der Waals surface area contributed by atoms with Gasteiger partial charge in [0, 0.05) is 18.7 Å². The van der Waals surface area contributed by atoms with E-state index in [-0.39, 0.29) is 42.5 Å². The Morgan fingerprint density at radius 3 is 2.40 bits per heavy atom. The predicted molar refractivity (Wildman–Crippen MR) is 96.0 cm³/mol. The van der Waals surface area contributed by atoms with E-state index in [1.165, 1.54) is 4.90 Å². The summed E-state index contributed by atoms with van der Waals surface area (Å²) in [6, 6.07) is 5.95. The first kappa shape index (κ1) is 17.6. The van der Waals surface area contributed by atoms with Crippen molar-refractivity contribution in [3.8, 4) is 0 Å². The van der Waals surface area contributed by atoms with Crippen LogP contribution in [0.25, 0.3) is 0 Å². The van der Waals surface area contributed by atoms with Crippen LogP contribution in [-0.2, 0) is 20.8 Å². The van der Waals surface area contributed by atoms with Crippen molar-refractivity contribution < 1.29 is 14.4 Å². The van der Waals surface area contributed by atoms with Crippen LogP contribution in [0.15, 0.2) is 18.2 Å². The molecule has 1 N–H and O–H groups in total. The number of amides is 3. The molecule has 1 aromatic rings. The molecule has 25 heavy (non-hydrogen) atoms. The molecule has 1 saturated carbocycles. The Morgan fingerprint density at radius 2 is 1.80 bits per heavy atom. The molecule has 3 amide bonds. The molecule has 2 atom stereocenters. The molecule has 5 heteroatoms. The Hall–Kier alpha value is -2.17. The van der Waals surface area contributed by atoms with E-state index in [1.807, 2.05) is 32.0 Å². The first-order valence-corrected chi connectivity index (χ1v) is 9.26. The highest BCUT2D eigenvalue weighted by Crippen LogP contribution is 2.38. The number of likely N-dealkylation sites (tertiary alicyclic amines) is 1. The van der Waals surface area contributed by atoms with Gasteiger partial charge < -0.3 is 5.32 Å². The SMILES string of the molecule is CCc1cccc(C)c1NC(=O)CCN1C(=O)[C@H]2CCCC[C@H]2C1=O. The van der Waals surface area contributed by atoms with Crippen LogP contribution in [-0.4, -0.2) is 29.2 Å². The van der Waals surface area contributed by atoms with Gasteiger partial charge in [-0.15, -0.1) is 0 Å². The van der Waals surface area contributed by atoms with Crippen LogP contribution in [0.3, 0.4) is 0 Å². The summed E-state index contributed by atoms with van der Waals surface area (Å²) in [6.45, 7) is 4.20. The smallest absolute Gasteiger partial charge is 0.233 e. The van der Waals surface area contributed by atoms with E-state index in [9.17, 15) is 14.4 Å². The van der Waals surface area contributed by atoms with Gasteiger partial charge in [-0.05, 0) is 37.3 Å². The Labute approximate surface area is 148 Å². The molecule has 3 rings (SSSR count). The lowest BCUT2D eigenvalue weighted by Gasteiger charge is -2.19. The number of carbonyl (C=O) groups excluding carboxylic acids is 3. The molecule has 0 radical (unpaired) electrons. The molecule has 1 aliphatic heterocycles. The van der Waals surface area contributed by atoms with Crippen LogP contribution in [0.1, 0.15) is 50.2 Å². The van der Waals surface area contributed by atoms with E-state index in [1.54, 1.807) is 0 Å². The van der Waals surface area contributed by atoms with Crippen molar-refractivity contribution in [3.63, 3.8) is 0 Å². The highest BCUT2D eigenvalue weighted by atomic mass is 16.2. The summed E-state index contributed by atoms with van der Waals surface area (Å²) in [5.74, 6) is -0.598. The van der Waals surface area contributed by atoms with Crippen molar-refractivity contribution in [1.82, 2.24) is 4.90 Å². The number of nitrogens with one attached hydrogen (secondary N) is 1. The second kappa shape index (κ2) is 7.38. The summed E-state index contributed by atoms with van der Waals surface area (Å²) < 4.78 is 0. The van der Waals surface area contributed by atoms with Gasteiger partial charge in [0.1, 0.15) is 0 Å². The van der Waals surface area contributed by atoms with E-state index >= 15 is 0 Å². The zero-order valence-corrected chi connectivity index (χ0v) is 15.0. The maximum atomic E-state index is 12.4. The van der Waals surface area contributed by atoms with Gasteiger partial charge in [0.15, 0.2) is 0 Å². The molecule has 5 nitrogen and oxygen atoms in total. The molecule has 0 spiro atoms. The van der Waals surface area contributed by atoms with Crippen molar-refractivity contribution in [3.05, 3.63) is 29.3 Å². The third-order valence-corrected chi connectivity index (χ3v) is 5.50. The molecule has 2 aliphatic rings. The van der Waals surface area contributed by atoms with Crippen LogP contribution in [0.5, 0.6) is 0 Å². The molecular formula is C20H26N2O3. The standard InChI is InChI=1S/C20H26N2O3/c1-3-14-8-6-7-13(2)18(14)21-17(23)11-12-22-19(24)15-9-4-5-10-16(15)20(22)25/h6-8,15-16H,3-5,9-12H2,1-2H3,(H,21,23)/t15-,16+. The van der Waals surface area contributed by atoms with Crippen LogP contribution in [0.2, 0.25) is 0 Å². The monoisotopic (exact) mass is 342 g/mol. The van der Waals surface area contributed by atoms with Gasteiger partial charge in [-0.2, -0.15) is 0 Å². The number of para-hydroxylation sites is 1. The maximum Gasteiger partial charge on any atom is 0.233 e. The third kappa shape index (κ3) is 3.46.